The van der Waals surface area contributed by atoms with Crippen LogP contribution in [-0.4, -0.2) is 12.6 Å². The highest BCUT2D eigenvalue weighted by molar-refractivity contribution is 8.02. The molecular weight excluding hydrogens is 210 g/mol. The van der Waals surface area contributed by atoms with E-state index in [1.54, 1.807) is 12.3 Å². The number of anilines is 1. The highest BCUT2D eigenvalue weighted by atomic mass is 32.2. The Labute approximate surface area is 93.3 Å². The number of nitrogens with two attached hydrogens (primary N) is 1. The van der Waals surface area contributed by atoms with Crippen molar-refractivity contribution < 1.29 is 9.53 Å². The Morgan fingerprint density at radius 2 is 2.27 bits per heavy atom. The van der Waals surface area contributed by atoms with E-state index in [4.69, 9.17) is 10.5 Å². The van der Waals surface area contributed by atoms with Crippen LogP contribution in [0.3, 0.4) is 0 Å². The van der Waals surface area contributed by atoms with E-state index in [1.807, 2.05) is 24.3 Å². The van der Waals surface area contributed by atoms with Crippen LogP contribution >= 0.6 is 11.8 Å². The summed E-state index contributed by atoms with van der Waals surface area (Å²) in [6, 6.07) is 7.49. The normalized spacial score (nSPS) is 10.5. The summed E-state index contributed by atoms with van der Waals surface area (Å²) in [5.74, 6) is -0.334. The van der Waals surface area contributed by atoms with Gasteiger partial charge in [-0.3, -0.25) is 0 Å². The smallest absolute Gasteiger partial charge is 0.331 e. The number of ether oxygens (including phenoxy) is 1. The summed E-state index contributed by atoms with van der Waals surface area (Å²) < 4.78 is 4.74. The minimum atomic E-state index is -0.334. The van der Waals surface area contributed by atoms with Crippen molar-refractivity contribution in [3.05, 3.63) is 35.7 Å². The topological polar surface area (TPSA) is 52.3 Å². The van der Waals surface area contributed by atoms with Crippen molar-refractivity contribution >= 4 is 23.4 Å². The van der Waals surface area contributed by atoms with Gasteiger partial charge in [0.15, 0.2) is 0 Å². The lowest BCUT2D eigenvalue weighted by molar-refractivity contribution is -0.137. The zero-order chi connectivity index (χ0) is 11.1. The number of rotatable bonds is 4. The van der Waals surface area contributed by atoms with Gasteiger partial charge in [0.25, 0.3) is 0 Å². The fraction of sp³-hybridized carbons (Fsp3) is 0.182. The molecule has 0 fully saturated rings. The second-order valence-corrected chi connectivity index (χ2v) is 3.66. The fourth-order valence-corrected chi connectivity index (χ4v) is 1.63. The van der Waals surface area contributed by atoms with Crippen LogP contribution in [0.4, 0.5) is 5.69 Å². The molecule has 0 aliphatic heterocycles. The van der Waals surface area contributed by atoms with Gasteiger partial charge in [-0.25, -0.2) is 4.79 Å². The Morgan fingerprint density at radius 1 is 1.53 bits per heavy atom. The van der Waals surface area contributed by atoms with Crippen molar-refractivity contribution in [2.24, 2.45) is 0 Å². The van der Waals surface area contributed by atoms with E-state index in [1.165, 1.54) is 17.8 Å². The molecule has 80 valence electrons. The zero-order valence-corrected chi connectivity index (χ0v) is 9.29. The molecule has 2 N–H and O–H groups in total. The van der Waals surface area contributed by atoms with Crippen molar-refractivity contribution in [2.45, 2.75) is 11.8 Å². The van der Waals surface area contributed by atoms with Gasteiger partial charge < -0.3 is 10.5 Å². The molecule has 0 bridgehead atoms. The monoisotopic (exact) mass is 223 g/mol. The summed E-state index contributed by atoms with van der Waals surface area (Å²) in [5, 5.41) is 1.67. The molecule has 0 saturated carbocycles. The average molecular weight is 223 g/mol. The van der Waals surface area contributed by atoms with Crippen LogP contribution in [0.1, 0.15) is 6.92 Å². The molecule has 0 heterocycles. The molecular formula is C11H13NO2S. The molecule has 1 aromatic rings. The largest absolute Gasteiger partial charge is 0.463 e. The maximum atomic E-state index is 11.0. The molecule has 0 unspecified atom stereocenters. The first-order valence-electron chi connectivity index (χ1n) is 4.58. The summed E-state index contributed by atoms with van der Waals surface area (Å²) in [6.45, 7) is 2.16. The third-order valence-corrected chi connectivity index (χ3v) is 2.50. The molecule has 1 aromatic carbocycles. The number of carbonyl (C=O) groups excluding carboxylic acids is 1. The maximum Gasteiger partial charge on any atom is 0.331 e. The van der Waals surface area contributed by atoms with Gasteiger partial charge in [-0.1, -0.05) is 23.9 Å². The third kappa shape index (κ3) is 4.08. The van der Waals surface area contributed by atoms with Crippen LogP contribution in [0.15, 0.2) is 40.6 Å². The molecule has 0 aromatic heterocycles. The summed E-state index contributed by atoms with van der Waals surface area (Å²) in [6.07, 6.45) is 1.39. The van der Waals surface area contributed by atoms with Gasteiger partial charge in [0.1, 0.15) is 0 Å². The highest BCUT2D eigenvalue weighted by Gasteiger charge is 1.96. The molecule has 0 saturated heterocycles. The molecule has 0 aliphatic rings. The van der Waals surface area contributed by atoms with Gasteiger partial charge in [0.05, 0.1) is 6.61 Å². The molecule has 0 spiro atoms. The lowest BCUT2D eigenvalue weighted by atomic mass is 10.3. The molecule has 15 heavy (non-hydrogen) atoms. The fourth-order valence-electron chi connectivity index (χ4n) is 0.941. The predicted molar refractivity (Wildman–Crippen MR) is 62.5 cm³/mol. The minimum Gasteiger partial charge on any atom is -0.463 e. The second kappa shape index (κ2) is 6.14. The van der Waals surface area contributed by atoms with E-state index in [2.05, 4.69) is 0 Å². The molecule has 0 amide bonds. The van der Waals surface area contributed by atoms with E-state index >= 15 is 0 Å². The highest BCUT2D eigenvalue weighted by Crippen LogP contribution is 2.24. The third-order valence-electron chi connectivity index (χ3n) is 1.60. The van der Waals surface area contributed by atoms with Crippen LogP contribution in [0.5, 0.6) is 0 Å². The number of esters is 1. The van der Waals surface area contributed by atoms with E-state index < -0.39 is 0 Å². The number of hydrogen-bond acceptors (Lipinski definition) is 4. The Kier molecular flexibility index (Phi) is 4.77. The molecule has 4 heteroatoms. The Balaban J connectivity index is 2.50. The van der Waals surface area contributed by atoms with Crippen molar-refractivity contribution in [1.29, 1.82) is 0 Å². The van der Waals surface area contributed by atoms with Gasteiger partial charge >= 0.3 is 5.97 Å². The van der Waals surface area contributed by atoms with Crippen LogP contribution < -0.4 is 5.73 Å². The predicted octanol–water partition coefficient (Wildman–Crippen LogP) is 2.44. The Hall–Kier alpha value is -1.42. The molecule has 3 nitrogen and oxygen atoms in total. The Bertz CT molecular complexity index is 363. The SMILES string of the molecule is CCOC(=O)C=CSc1ccccc1N. The van der Waals surface area contributed by atoms with Gasteiger partial charge in [-0.05, 0) is 24.5 Å². The maximum absolute atomic E-state index is 11.0. The standard InChI is InChI=1S/C11H13NO2S/c1-2-14-11(13)7-8-15-10-6-4-3-5-9(10)12/h3-8H,2,12H2,1H3. The number of carbonyl (C=O) groups is 1. The van der Waals surface area contributed by atoms with Crippen molar-refractivity contribution in [3.8, 4) is 0 Å². The van der Waals surface area contributed by atoms with Crippen molar-refractivity contribution in [2.75, 3.05) is 12.3 Å². The van der Waals surface area contributed by atoms with E-state index in [9.17, 15) is 4.79 Å². The number of nitrogen functional groups attached to an aromatic ring is 1. The van der Waals surface area contributed by atoms with Gasteiger partial charge in [0.2, 0.25) is 0 Å². The summed E-state index contributed by atoms with van der Waals surface area (Å²) in [7, 11) is 0. The lowest BCUT2D eigenvalue weighted by Gasteiger charge is -2.00. The summed E-state index contributed by atoms with van der Waals surface area (Å²) >= 11 is 1.39. The molecule has 0 aliphatic carbocycles. The van der Waals surface area contributed by atoms with Crippen LogP contribution in [0.2, 0.25) is 0 Å². The van der Waals surface area contributed by atoms with Crippen LogP contribution in [0.25, 0.3) is 0 Å². The zero-order valence-electron chi connectivity index (χ0n) is 8.47. The van der Waals surface area contributed by atoms with Crippen LogP contribution in [-0.2, 0) is 9.53 Å². The summed E-state index contributed by atoms with van der Waals surface area (Å²) in [5.41, 5.74) is 6.43. The van der Waals surface area contributed by atoms with Gasteiger partial charge in [0, 0.05) is 16.7 Å². The summed E-state index contributed by atoms with van der Waals surface area (Å²) in [4.78, 5) is 11.9. The van der Waals surface area contributed by atoms with Crippen LogP contribution in [0, 0.1) is 0 Å². The molecule has 1 rings (SSSR count). The van der Waals surface area contributed by atoms with E-state index in [0.29, 0.717) is 12.3 Å². The lowest BCUT2D eigenvalue weighted by Crippen LogP contribution is -1.98. The first kappa shape index (κ1) is 11.7. The van der Waals surface area contributed by atoms with Crippen molar-refractivity contribution in [3.63, 3.8) is 0 Å². The minimum absolute atomic E-state index is 0.334. The molecule has 0 radical (unpaired) electrons. The molecule has 0 atom stereocenters. The number of para-hydroxylation sites is 1. The first-order valence-corrected chi connectivity index (χ1v) is 5.46. The average Bonchev–Trinajstić information content (AvgIpc) is 2.21. The Morgan fingerprint density at radius 3 is 2.93 bits per heavy atom. The number of thioether (sulfide) groups is 1. The van der Waals surface area contributed by atoms with Gasteiger partial charge in [-0.2, -0.15) is 0 Å². The number of benzene rings is 1. The first-order chi connectivity index (χ1) is 7.24. The second-order valence-electron chi connectivity index (χ2n) is 2.71. The van der Waals surface area contributed by atoms with E-state index in [0.717, 1.165) is 4.90 Å². The number of hydrogen-bond donors (Lipinski definition) is 1. The van der Waals surface area contributed by atoms with E-state index in [-0.39, 0.29) is 5.97 Å². The quantitative estimate of drug-likeness (QED) is 0.368. The van der Waals surface area contributed by atoms with Crippen molar-refractivity contribution in [1.82, 2.24) is 0 Å². The van der Waals surface area contributed by atoms with Gasteiger partial charge in [-0.15, -0.1) is 0 Å².